The zero-order valence-corrected chi connectivity index (χ0v) is 16.2. The van der Waals surface area contributed by atoms with Gasteiger partial charge < -0.3 is 9.64 Å². The van der Waals surface area contributed by atoms with Gasteiger partial charge in [0.05, 0.1) is 35.9 Å². The minimum Gasteiger partial charge on any atom is -0.465 e. The first kappa shape index (κ1) is 17.8. The van der Waals surface area contributed by atoms with E-state index < -0.39 is 9.84 Å². The highest BCUT2D eigenvalue weighted by atomic mass is 79.9. The van der Waals surface area contributed by atoms with E-state index in [4.69, 9.17) is 4.74 Å². The van der Waals surface area contributed by atoms with E-state index in [9.17, 15) is 13.2 Å². The summed E-state index contributed by atoms with van der Waals surface area (Å²) in [5, 5.41) is 0.676. The molecule has 0 aliphatic carbocycles. The monoisotopic (exact) mass is 432 g/mol. The molecule has 0 radical (unpaired) electrons. The summed E-state index contributed by atoms with van der Waals surface area (Å²) < 4.78 is 29.8. The van der Waals surface area contributed by atoms with Crippen LogP contribution in [0.15, 0.2) is 33.7 Å². The molecule has 1 aromatic rings. The second kappa shape index (κ2) is 7.05. The number of halogens is 1. The van der Waals surface area contributed by atoms with Crippen molar-refractivity contribution in [2.24, 2.45) is 4.99 Å². The zero-order valence-electron chi connectivity index (χ0n) is 13.0. The molecule has 9 heteroatoms. The van der Waals surface area contributed by atoms with Crippen LogP contribution >= 0.6 is 27.7 Å². The van der Waals surface area contributed by atoms with Gasteiger partial charge in [0.1, 0.15) is 0 Å². The first-order chi connectivity index (χ1) is 11.4. The molecule has 0 aromatic heterocycles. The van der Waals surface area contributed by atoms with Crippen LogP contribution in [0.2, 0.25) is 0 Å². The summed E-state index contributed by atoms with van der Waals surface area (Å²) in [5.74, 6) is 0.00596. The standard InChI is InChI=1S/C15H17BrN2O4S2/c1-2-22-14(19)7-23-15-17-12-8-24(20,21)9-13(12)18(15)11-5-3-10(16)4-6-11/h3-6,12-13H,2,7-9H2,1H3/t12-,13-/m0/s1. The number of nitrogens with zero attached hydrogens (tertiary/aromatic N) is 2. The normalized spacial score (nSPS) is 24.6. The number of thioether (sulfide) groups is 1. The zero-order chi connectivity index (χ0) is 17.3. The molecule has 0 saturated carbocycles. The summed E-state index contributed by atoms with van der Waals surface area (Å²) >= 11 is 4.69. The molecule has 1 fully saturated rings. The van der Waals surface area contributed by atoms with Crippen LogP contribution in [0.25, 0.3) is 0 Å². The van der Waals surface area contributed by atoms with Crippen LogP contribution < -0.4 is 4.90 Å². The second-order valence-electron chi connectivity index (χ2n) is 5.56. The summed E-state index contributed by atoms with van der Waals surface area (Å²) in [4.78, 5) is 18.1. The van der Waals surface area contributed by atoms with E-state index in [-0.39, 0.29) is 35.3 Å². The van der Waals surface area contributed by atoms with Crippen molar-refractivity contribution in [2.75, 3.05) is 28.8 Å². The van der Waals surface area contributed by atoms with E-state index in [2.05, 4.69) is 20.9 Å². The molecule has 2 atom stereocenters. The summed E-state index contributed by atoms with van der Waals surface area (Å²) in [6.45, 7) is 2.10. The SMILES string of the molecule is CCOC(=O)CSC1=N[C@H]2CS(=O)(=O)C[C@@H]2N1c1ccc(Br)cc1. The van der Waals surface area contributed by atoms with Crippen molar-refractivity contribution < 1.29 is 17.9 Å². The van der Waals surface area contributed by atoms with Crippen molar-refractivity contribution in [2.45, 2.75) is 19.0 Å². The topological polar surface area (TPSA) is 76.0 Å². The second-order valence-corrected chi connectivity index (χ2v) is 9.58. The maximum absolute atomic E-state index is 11.9. The molecule has 0 unspecified atom stereocenters. The number of sulfone groups is 1. The number of esters is 1. The van der Waals surface area contributed by atoms with Gasteiger partial charge in [-0.05, 0) is 31.2 Å². The van der Waals surface area contributed by atoms with Crippen LogP contribution in [0, 0.1) is 0 Å². The van der Waals surface area contributed by atoms with Crippen molar-refractivity contribution in [3.05, 3.63) is 28.7 Å². The molecule has 0 amide bonds. The lowest BCUT2D eigenvalue weighted by Gasteiger charge is -2.26. The third-order valence-corrected chi connectivity index (χ3v) is 7.00. The van der Waals surface area contributed by atoms with E-state index in [0.29, 0.717) is 11.8 Å². The van der Waals surface area contributed by atoms with E-state index in [1.807, 2.05) is 29.2 Å². The van der Waals surface area contributed by atoms with Gasteiger partial charge in [-0.3, -0.25) is 9.79 Å². The third-order valence-electron chi connectivity index (χ3n) is 3.84. The Kier molecular flexibility index (Phi) is 5.22. The van der Waals surface area contributed by atoms with E-state index in [0.717, 1.165) is 10.2 Å². The minimum absolute atomic E-state index is 0.0637. The van der Waals surface area contributed by atoms with Gasteiger partial charge in [-0.25, -0.2) is 8.42 Å². The van der Waals surface area contributed by atoms with Crippen LogP contribution in [0.3, 0.4) is 0 Å². The lowest BCUT2D eigenvalue weighted by molar-refractivity contribution is -0.139. The van der Waals surface area contributed by atoms with Crippen LogP contribution in [-0.2, 0) is 19.4 Å². The number of carbonyl (C=O) groups excluding carboxylic acids is 1. The maximum Gasteiger partial charge on any atom is 0.316 e. The average molecular weight is 433 g/mol. The number of benzene rings is 1. The van der Waals surface area contributed by atoms with Crippen molar-refractivity contribution in [1.82, 2.24) is 0 Å². The van der Waals surface area contributed by atoms with Crippen LogP contribution in [0.5, 0.6) is 0 Å². The molecule has 0 spiro atoms. The molecule has 0 bridgehead atoms. The number of fused-ring (bicyclic) bond motifs is 1. The van der Waals surface area contributed by atoms with E-state index in [1.165, 1.54) is 11.8 Å². The molecule has 2 aliphatic rings. The molecule has 2 heterocycles. The highest BCUT2D eigenvalue weighted by molar-refractivity contribution is 9.10. The van der Waals surface area contributed by atoms with Crippen molar-refractivity contribution >= 4 is 54.4 Å². The Morgan fingerprint density at radius 3 is 2.75 bits per heavy atom. The smallest absolute Gasteiger partial charge is 0.316 e. The Morgan fingerprint density at radius 2 is 2.08 bits per heavy atom. The highest BCUT2D eigenvalue weighted by Crippen LogP contribution is 2.35. The molecule has 6 nitrogen and oxygen atoms in total. The lowest BCUT2D eigenvalue weighted by atomic mass is 10.1. The van der Waals surface area contributed by atoms with Gasteiger partial charge in [0.2, 0.25) is 0 Å². The summed E-state index contributed by atoms with van der Waals surface area (Å²) in [6.07, 6.45) is 0. The minimum atomic E-state index is -3.08. The molecule has 3 rings (SSSR count). The average Bonchev–Trinajstić information content (AvgIpc) is 2.98. The van der Waals surface area contributed by atoms with Crippen LogP contribution in [0.1, 0.15) is 6.92 Å². The van der Waals surface area contributed by atoms with Crippen molar-refractivity contribution in [1.29, 1.82) is 0 Å². The Labute approximate surface area is 153 Å². The predicted octanol–water partition coefficient (Wildman–Crippen LogP) is 2.09. The van der Waals surface area contributed by atoms with Gasteiger partial charge in [0.25, 0.3) is 0 Å². The Bertz CT molecular complexity index is 764. The number of aliphatic imine (C=N–C) groups is 1. The van der Waals surface area contributed by atoms with E-state index in [1.54, 1.807) is 6.92 Å². The molecule has 1 aromatic carbocycles. The molecular weight excluding hydrogens is 416 g/mol. The number of carbonyl (C=O) groups is 1. The van der Waals surface area contributed by atoms with Gasteiger partial charge in [0, 0.05) is 10.2 Å². The summed E-state index contributed by atoms with van der Waals surface area (Å²) in [6, 6.07) is 7.15. The Hall–Kier alpha value is -1.06. The number of amidine groups is 1. The van der Waals surface area contributed by atoms with Gasteiger partial charge in [-0.2, -0.15) is 0 Å². The number of rotatable bonds is 4. The summed E-state index contributed by atoms with van der Waals surface area (Å²) in [7, 11) is -3.08. The van der Waals surface area contributed by atoms with Crippen molar-refractivity contribution in [3.63, 3.8) is 0 Å². The largest absolute Gasteiger partial charge is 0.465 e. The van der Waals surface area contributed by atoms with Gasteiger partial charge >= 0.3 is 5.97 Å². The third kappa shape index (κ3) is 3.78. The Balaban J connectivity index is 1.84. The lowest BCUT2D eigenvalue weighted by Crippen LogP contribution is -2.39. The fourth-order valence-electron chi connectivity index (χ4n) is 2.86. The highest BCUT2D eigenvalue weighted by Gasteiger charge is 2.47. The van der Waals surface area contributed by atoms with Crippen molar-refractivity contribution in [3.8, 4) is 0 Å². The molecule has 24 heavy (non-hydrogen) atoms. The first-order valence-corrected chi connectivity index (χ1v) is 11.1. The number of hydrogen-bond donors (Lipinski definition) is 0. The fraction of sp³-hybridized carbons (Fsp3) is 0.467. The van der Waals surface area contributed by atoms with E-state index >= 15 is 0 Å². The quantitative estimate of drug-likeness (QED) is 0.677. The maximum atomic E-state index is 11.9. The summed E-state index contributed by atoms with van der Waals surface area (Å²) in [5.41, 5.74) is 0.873. The van der Waals surface area contributed by atoms with Gasteiger partial charge in [-0.15, -0.1) is 0 Å². The predicted molar refractivity (Wildman–Crippen MR) is 99.4 cm³/mol. The van der Waals surface area contributed by atoms with Gasteiger partial charge in [-0.1, -0.05) is 27.7 Å². The Morgan fingerprint density at radius 1 is 1.38 bits per heavy atom. The fourth-order valence-corrected chi connectivity index (χ4v) is 5.89. The van der Waals surface area contributed by atoms with Crippen LogP contribution in [-0.4, -0.2) is 55.5 Å². The molecule has 130 valence electrons. The molecule has 1 saturated heterocycles. The molecule has 0 N–H and O–H groups in total. The molecule has 2 aliphatic heterocycles. The number of anilines is 1. The number of ether oxygens (including phenoxy) is 1. The number of hydrogen-bond acceptors (Lipinski definition) is 7. The molecular formula is C15H17BrN2O4S2. The van der Waals surface area contributed by atoms with Crippen LogP contribution in [0.4, 0.5) is 5.69 Å². The van der Waals surface area contributed by atoms with Gasteiger partial charge in [0.15, 0.2) is 15.0 Å². The first-order valence-electron chi connectivity index (χ1n) is 7.51.